The van der Waals surface area contributed by atoms with Crippen LogP contribution in [0.5, 0.6) is 0 Å². The van der Waals surface area contributed by atoms with Crippen molar-refractivity contribution in [1.29, 1.82) is 0 Å². The molecule has 0 atom stereocenters. The lowest BCUT2D eigenvalue weighted by atomic mass is 10.0. The van der Waals surface area contributed by atoms with Crippen LogP contribution in [0.2, 0.25) is 0 Å². The number of hydrogen-bond donors (Lipinski definition) is 0. The first kappa shape index (κ1) is 25.8. The first-order valence-corrected chi connectivity index (χ1v) is 11.9. The molecular formula is C25H38N2O5. The van der Waals surface area contributed by atoms with Gasteiger partial charge in [0.1, 0.15) is 0 Å². The molecule has 7 nitrogen and oxygen atoms in total. The minimum atomic E-state index is -0.186. The van der Waals surface area contributed by atoms with Crippen molar-refractivity contribution in [1.82, 2.24) is 4.90 Å². The number of rotatable bonds is 15. The van der Waals surface area contributed by atoms with Gasteiger partial charge in [-0.25, -0.2) is 4.99 Å². The molecule has 32 heavy (non-hydrogen) atoms. The second-order valence-electron chi connectivity index (χ2n) is 7.85. The summed E-state index contributed by atoms with van der Waals surface area (Å²) in [5, 5.41) is 0. The molecule has 0 aromatic heterocycles. The molecule has 2 rings (SSSR count). The number of ether oxygens (including phenoxy) is 3. The van der Waals surface area contributed by atoms with Crippen LogP contribution < -0.4 is 0 Å². The molecule has 1 aliphatic heterocycles. The molecule has 0 saturated carbocycles. The maximum absolute atomic E-state index is 11.6. The number of fused-ring (bicyclic) bond motifs is 1. The van der Waals surface area contributed by atoms with Gasteiger partial charge in [-0.1, -0.05) is 19.1 Å². The van der Waals surface area contributed by atoms with E-state index in [9.17, 15) is 9.59 Å². The van der Waals surface area contributed by atoms with Gasteiger partial charge in [-0.05, 0) is 69.8 Å². The van der Waals surface area contributed by atoms with E-state index in [-0.39, 0.29) is 11.9 Å². The fraction of sp³-hybridized carbons (Fsp3) is 0.640. The largest absolute Gasteiger partial charge is 0.480 e. The summed E-state index contributed by atoms with van der Waals surface area (Å²) in [6, 6.07) is 6.24. The second kappa shape index (κ2) is 14.6. The second-order valence-corrected chi connectivity index (χ2v) is 7.85. The van der Waals surface area contributed by atoms with E-state index < -0.39 is 0 Å². The Labute approximate surface area is 192 Å². The van der Waals surface area contributed by atoms with Crippen molar-refractivity contribution >= 4 is 23.5 Å². The highest BCUT2D eigenvalue weighted by Gasteiger charge is 2.19. The topological polar surface area (TPSA) is 77.4 Å². The number of aliphatic imine (C=N–C) groups is 1. The van der Waals surface area contributed by atoms with Crippen LogP contribution in [0.3, 0.4) is 0 Å². The van der Waals surface area contributed by atoms with E-state index in [2.05, 4.69) is 22.9 Å². The van der Waals surface area contributed by atoms with Gasteiger partial charge in [-0.2, -0.15) is 0 Å². The van der Waals surface area contributed by atoms with E-state index >= 15 is 0 Å². The summed E-state index contributed by atoms with van der Waals surface area (Å²) < 4.78 is 15.8. The van der Waals surface area contributed by atoms with Gasteiger partial charge in [-0.3, -0.25) is 9.59 Å². The van der Waals surface area contributed by atoms with E-state index in [4.69, 9.17) is 14.2 Å². The highest BCUT2D eigenvalue weighted by Crippen LogP contribution is 2.30. The Balaban J connectivity index is 1.80. The van der Waals surface area contributed by atoms with Crippen molar-refractivity contribution in [2.75, 3.05) is 39.5 Å². The molecule has 1 heterocycles. The van der Waals surface area contributed by atoms with Crippen LogP contribution in [-0.4, -0.2) is 62.2 Å². The minimum absolute atomic E-state index is 0.114. The molecule has 0 saturated heterocycles. The highest BCUT2D eigenvalue weighted by atomic mass is 16.5. The Hall–Kier alpha value is -2.41. The van der Waals surface area contributed by atoms with Gasteiger partial charge in [0, 0.05) is 19.4 Å². The molecule has 0 fully saturated rings. The van der Waals surface area contributed by atoms with Crippen LogP contribution in [-0.2, 0) is 36.6 Å². The van der Waals surface area contributed by atoms with Gasteiger partial charge < -0.3 is 19.1 Å². The molecule has 0 unspecified atom stereocenters. The molecule has 1 aromatic carbocycles. The highest BCUT2D eigenvalue weighted by molar-refractivity contribution is 5.88. The standard InChI is InChI=1S/C25H38N2O5/c1-4-15-27(16-8-12-24(28)30-5-2)17-14-20-10-7-11-22-21(20)19-23(26-22)32-18-9-13-25(29)31-6-3/h7,10-11H,4-6,8-9,12-19H2,1-3H3. The van der Waals surface area contributed by atoms with Gasteiger partial charge in [0.15, 0.2) is 5.90 Å². The molecule has 0 spiro atoms. The summed E-state index contributed by atoms with van der Waals surface area (Å²) in [7, 11) is 0. The molecule has 0 radical (unpaired) electrons. The van der Waals surface area contributed by atoms with Crippen molar-refractivity contribution in [3.63, 3.8) is 0 Å². The predicted octanol–water partition coefficient (Wildman–Crippen LogP) is 4.23. The molecule has 1 aliphatic rings. The van der Waals surface area contributed by atoms with Crippen molar-refractivity contribution < 1.29 is 23.8 Å². The summed E-state index contributed by atoms with van der Waals surface area (Å²) in [5.41, 5.74) is 3.51. The Morgan fingerprint density at radius 3 is 2.38 bits per heavy atom. The van der Waals surface area contributed by atoms with Gasteiger partial charge in [0.25, 0.3) is 0 Å². The molecule has 178 valence electrons. The Morgan fingerprint density at radius 1 is 0.969 bits per heavy atom. The van der Waals surface area contributed by atoms with E-state index in [1.54, 1.807) is 6.92 Å². The average molecular weight is 447 g/mol. The van der Waals surface area contributed by atoms with E-state index in [1.807, 2.05) is 19.1 Å². The molecular weight excluding hydrogens is 408 g/mol. The maximum atomic E-state index is 11.6. The summed E-state index contributed by atoms with van der Waals surface area (Å²) in [6.07, 6.45) is 4.99. The number of hydrogen-bond acceptors (Lipinski definition) is 7. The summed E-state index contributed by atoms with van der Waals surface area (Å²) in [5.74, 6) is 0.418. The summed E-state index contributed by atoms with van der Waals surface area (Å²) in [4.78, 5) is 30.1. The van der Waals surface area contributed by atoms with Gasteiger partial charge in [-0.15, -0.1) is 0 Å². The fourth-order valence-electron chi connectivity index (χ4n) is 3.82. The molecule has 1 aromatic rings. The Morgan fingerprint density at radius 2 is 1.69 bits per heavy atom. The summed E-state index contributed by atoms with van der Waals surface area (Å²) in [6.45, 7) is 9.99. The fourth-order valence-corrected chi connectivity index (χ4v) is 3.82. The van der Waals surface area contributed by atoms with Crippen molar-refractivity contribution in [3.8, 4) is 0 Å². The van der Waals surface area contributed by atoms with Crippen molar-refractivity contribution in [2.45, 2.75) is 65.7 Å². The number of esters is 2. The van der Waals surface area contributed by atoms with Crippen LogP contribution in [0.1, 0.15) is 64.0 Å². The third-order valence-corrected chi connectivity index (χ3v) is 5.32. The molecule has 0 aliphatic carbocycles. The molecule has 7 heteroatoms. The van der Waals surface area contributed by atoms with Crippen LogP contribution in [0.4, 0.5) is 5.69 Å². The quantitative estimate of drug-likeness (QED) is 0.296. The third-order valence-electron chi connectivity index (χ3n) is 5.32. The number of benzene rings is 1. The minimum Gasteiger partial charge on any atom is -0.480 e. The van der Waals surface area contributed by atoms with Gasteiger partial charge in [0.2, 0.25) is 0 Å². The van der Waals surface area contributed by atoms with Crippen LogP contribution in [0.15, 0.2) is 23.2 Å². The molecule has 0 N–H and O–H groups in total. The van der Waals surface area contributed by atoms with Crippen LogP contribution in [0.25, 0.3) is 0 Å². The van der Waals surface area contributed by atoms with Crippen molar-refractivity contribution in [3.05, 3.63) is 29.3 Å². The normalized spacial score (nSPS) is 12.4. The smallest absolute Gasteiger partial charge is 0.305 e. The zero-order valence-electron chi connectivity index (χ0n) is 19.9. The molecule has 0 amide bonds. The summed E-state index contributed by atoms with van der Waals surface area (Å²) >= 11 is 0. The maximum Gasteiger partial charge on any atom is 0.305 e. The zero-order valence-corrected chi connectivity index (χ0v) is 19.9. The van der Waals surface area contributed by atoms with Crippen LogP contribution >= 0.6 is 0 Å². The first-order valence-electron chi connectivity index (χ1n) is 11.9. The average Bonchev–Trinajstić information content (AvgIpc) is 3.19. The van der Waals surface area contributed by atoms with Gasteiger partial charge >= 0.3 is 11.9 Å². The lowest BCUT2D eigenvalue weighted by Gasteiger charge is -2.22. The number of carbonyl (C=O) groups is 2. The number of nitrogens with zero attached hydrogens (tertiary/aromatic N) is 2. The van der Waals surface area contributed by atoms with Crippen LogP contribution in [0, 0.1) is 0 Å². The predicted molar refractivity (Wildman–Crippen MR) is 125 cm³/mol. The van der Waals surface area contributed by atoms with Crippen molar-refractivity contribution in [2.24, 2.45) is 4.99 Å². The van der Waals surface area contributed by atoms with Gasteiger partial charge in [0.05, 0.1) is 31.9 Å². The molecule has 0 bridgehead atoms. The number of carbonyl (C=O) groups excluding carboxylic acids is 2. The first-order chi connectivity index (χ1) is 15.6. The van der Waals surface area contributed by atoms with E-state index in [1.165, 1.54) is 11.1 Å². The van der Waals surface area contributed by atoms with E-state index in [0.29, 0.717) is 45.5 Å². The third kappa shape index (κ3) is 8.99. The lowest BCUT2D eigenvalue weighted by Crippen LogP contribution is -2.28. The lowest BCUT2D eigenvalue weighted by molar-refractivity contribution is -0.144. The van der Waals surface area contributed by atoms with E-state index in [0.717, 1.165) is 50.5 Å². The Bertz CT molecular complexity index is 763. The Kier molecular flexibility index (Phi) is 11.8. The monoisotopic (exact) mass is 446 g/mol. The SMILES string of the molecule is CCCN(CCCC(=O)OCC)CCc1cccc2c1CC(OCCCC(=O)OCC)=N2. The zero-order chi connectivity index (χ0) is 23.2.